The molecule has 0 spiro atoms. The molecule has 0 amide bonds. The first-order valence-corrected chi connectivity index (χ1v) is 13.4. The molecule has 0 saturated heterocycles. The summed E-state index contributed by atoms with van der Waals surface area (Å²) in [5, 5.41) is 2.98. The minimum Gasteiger partial charge on any atom is -0.486 e. The van der Waals surface area contributed by atoms with Crippen LogP contribution in [0.15, 0.2) is 30.5 Å². The third-order valence-electron chi connectivity index (χ3n) is 6.27. The molecular formula is C24H26F2N6O3S. The van der Waals surface area contributed by atoms with Crippen LogP contribution in [0.2, 0.25) is 0 Å². The highest BCUT2D eigenvalue weighted by Gasteiger charge is 2.26. The van der Waals surface area contributed by atoms with Crippen LogP contribution >= 0.6 is 0 Å². The van der Waals surface area contributed by atoms with Gasteiger partial charge in [-0.05, 0) is 37.6 Å². The lowest BCUT2D eigenvalue weighted by atomic mass is 10.1. The molecule has 2 aliphatic heterocycles. The summed E-state index contributed by atoms with van der Waals surface area (Å²) in [6.07, 6.45) is 2.68. The molecule has 2 aromatic heterocycles. The summed E-state index contributed by atoms with van der Waals surface area (Å²) >= 11 is 0. The number of hydrogen-bond acceptors (Lipinski definition) is 8. The third kappa shape index (κ3) is 4.70. The summed E-state index contributed by atoms with van der Waals surface area (Å²) in [6.45, 7) is 5.57. The Morgan fingerprint density at radius 1 is 1.11 bits per heavy atom. The molecule has 0 unspecified atom stereocenters. The fourth-order valence-electron chi connectivity index (χ4n) is 4.46. The molecule has 0 saturated carbocycles. The van der Waals surface area contributed by atoms with Gasteiger partial charge in [-0.2, -0.15) is 4.31 Å². The molecule has 0 atom stereocenters. The summed E-state index contributed by atoms with van der Waals surface area (Å²) < 4.78 is 60.3. The van der Waals surface area contributed by atoms with Crippen LogP contribution in [0, 0.1) is 11.6 Å². The zero-order valence-corrected chi connectivity index (χ0v) is 20.9. The van der Waals surface area contributed by atoms with E-state index < -0.39 is 21.7 Å². The van der Waals surface area contributed by atoms with Crippen molar-refractivity contribution in [1.29, 1.82) is 0 Å². The summed E-state index contributed by atoms with van der Waals surface area (Å²) in [6, 6.07) is 6.48. The molecule has 5 rings (SSSR count). The van der Waals surface area contributed by atoms with E-state index >= 15 is 0 Å². The minimum atomic E-state index is -3.28. The van der Waals surface area contributed by atoms with E-state index in [1.807, 2.05) is 18.7 Å². The predicted molar refractivity (Wildman–Crippen MR) is 132 cm³/mol. The van der Waals surface area contributed by atoms with E-state index in [9.17, 15) is 17.2 Å². The number of benzene rings is 1. The van der Waals surface area contributed by atoms with Crippen molar-refractivity contribution in [2.75, 3.05) is 36.2 Å². The number of anilines is 3. The Labute approximate surface area is 208 Å². The fourth-order valence-corrected chi connectivity index (χ4v) is 5.26. The Kier molecular flexibility index (Phi) is 6.25. The first-order valence-electron chi connectivity index (χ1n) is 11.6. The van der Waals surface area contributed by atoms with E-state index in [0.29, 0.717) is 37.6 Å². The Bertz CT molecular complexity index is 1430. The highest BCUT2D eigenvalue weighted by Crippen LogP contribution is 2.39. The van der Waals surface area contributed by atoms with Crippen molar-refractivity contribution in [3.8, 4) is 17.0 Å². The molecule has 9 nitrogen and oxygen atoms in total. The highest BCUT2D eigenvalue weighted by molar-refractivity contribution is 7.88. The van der Waals surface area contributed by atoms with Gasteiger partial charge in [0.2, 0.25) is 16.0 Å². The Hall–Kier alpha value is -3.38. The quantitative estimate of drug-likeness (QED) is 0.550. The predicted octanol–water partition coefficient (Wildman–Crippen LogP) is 3.49. The van der Waals surface area contributed by atoms with E-state index in [2.05, 4.69) is 20.3 Å². The average molecular weight is 517 g/mol. The van der Waals surface area contributed by atoms with Gasteiger partial charge < -0.3 is 15.0 Å². The number of aromatic nitrogens is 3. The summed E-state index contributed by atoms with van der Waals surface area (Å²) in [7, 11) is -3.28. The average Bonchev–Trinajstić information content (AvgIpc) is 2.83. The molecule has 12 heteroatoms. The summed E-state index contributed by atoms with van der Waals surface area (Å²) in [5.41, 5.74) is 2.36. The van der Waals surface area contributed by atoms with Crippen LogP contribution in [-0.2, 0) is 23.0 Å². The lowest BCUT2D eigenvalue weighted by molar-refractivity contribution is 0.287. The lowest BCUT2D eigenvalue weighted by Gasteiger charge is -2.34. The van der Waals surface area contributed by atoms with Gasteiger partial charge in [-0.1, -0.05) is 6.07 Å². The molecule has 0 radical (unpaired) electrons. The fraction of sp³-hybridized carbons (Fsp3) is 0.375. The maximum absolute atomic E-state index is 14.9. The van der Waals surface area contributed by atoms with E-state index in [4.69, 9.17) is 4.74 Å². The standard InChI is InChI=1S/C24H26F2N6O3S/c1-14(2)32-8-9-35-23-17(25)10-16(11-20(23)32)22-18(26)12-27-24(30-22)29-21-5-4-15-13-31(36(3,33)34)7-6-19(15)28-21/h4-5,10-12,14H,6-9,13H2,1-3H3,(H,27,28,29,30). The van der Waals surface area contributed by atoms with Crippen LogP contribution in [0.1, 0.15) is 25.1 Å². The Morgan fingerprint density at radius 3 is 2.67 bits per heavy atom. The third-order valence-corrected chi connectivity index (χ3v) is 7.52. The number of rotatable bonds is 5. The van der Waals surface area contributed by atoms with Gasteiger partial charge in [0.15, 0.2) is 17.4 Å². The number of fused-ring (bicyclic) bond motifs is 2. The first-order chi connectivity index (χ1) is 17.1. The van der Waals surface area contributed by atoms with Crippen molar-refractivity contribution in [3.63, 3.8) is 0 Å². The Morgan fingerprint density at radius 2 is 1.92 bits per heavy atom. The smallest absolute Gasteiger partial charge is 0.229 e. The van der Waals surface area contributed by atoms with E-state index in [1.54, 1.807) is 18.2 Å². The minimum absolute atomic E-state index is 0.0507. The first kappa shape index (κ1) is 24.3. The lowest BCUT2D eigenvalue weighted by Crippen LogP contribution is -2.38. The normalized spacial score (nSPS) is 15.9. The van der Waals surface area contributed by atoms with Gasteiger partial charge in [0.05, 0.1) is 24.7 Å². The monoisotopic (exact) mass is 516 g/mol. The van der Waals surface area contributed by atoms with Crippen LogP contribution in [-0.4, -0.2) is 59.7 Å². The zero-order chi connectivity index (χ0) is 25.6. The molecule has 4 heterocycles. The summed E-state index contributed by atoms with van der Waals surface area (Å²) in [5.74, 6) is -0.580. The van der Waals surface area contributed by atoms with Crippen LogP contribution in [0.5, 0.6) is 5.75 Å². The second-order valence-electron chi connectivity index (χ2n) is 9.11. The maximum Gasteiger partial charge on any atom is 0.229 e. The second-order valence-corrected chi connectivity index (χ2v) is 11.1. The molecule has 3 aromatic rings. The van der Waals surface area contributed by atoms with Crippen molar-refractivity contribution in [3.05, 3.63) is 53.4 Å². The molecule has 0 aliphatic carbocycles. The molecule has 0 fully saturated rings. The topological polar surface area (TPSA) is 101 Å². The van der Waals surface area contributed by atoms with Crippen LogP contribution < -0.4 is 15.0 Å². The zero-order valence-electron chi connectivity index (χ0n) is 20.1. The molecule has 1 N–H and O–H groups in total. The van der Waals surface area contributed by atoms with Crippen molar-refractivity contribution in [2.24, 2.45) is 0 Å². The van der Waals surface area contributed by atoms with Gasteiger partial charge in [-0.3, -0.25) is 0 Å². The van der Waals surface area contributed by atoms with E-state index in [1.165, 1.54) is 16.6 Å². The van der Waals surface area contributed by atoms with Crippen LogP contribution in [0.3, 0.4) is 0 Å². The largest absolute Gasteiger partial charge is 0.486 e. The summed E-state index contributed by atoms with van der Waals surface area (Å²) in [4.78, 5) is 14.9. The molecule has 190 valence electrons. The maximum atomic E-state index is 14.9. The van der Waals surface area contributed by atoms with Crippen molar-refractivity contribution in [2.45, 2.75) is 32.9 Å². The van der Waals surface area contributed by atoms with Gasteiger partial charge in [0, 0.05) is 36.8 Å². The Balaban J connectivity index is 1.44. The number of pyridine rings is 1. The van der Waals surface area contributed by atoms with Crippen molar-refractivity contribution >= 4 is 27.5 Å². The van der Waals surface area contributed by atoms with Crippen LogP contribution in [0.25, 0.3) is 11.3 Å². The van der Waals surface area contributed by atoms with Crippen LogP contribution in [0.4, 0.5) is 26.2 Å². The van der Waals surface area contributed by atoms with E-state index in [-0.39, 0.29) is 35.5 Å². The van der Waals surface area contributed by atoms with Gasteiger partial charge in [-0.25, -0.2) is 32.2 Å². The van der Waals surface area contributed by atoms with E-state index in [0.717, 1.165) is 17.5 Å². The number of nitrogens with one attached hydrogen (secondary N) is 1. The van der Waals surface area contributed by atoms with Gasteiger partial charge in [0.25, 0.3) is 0 Å². The number of hydrogen-bond donors (Lipinski definition) is 1. The van der Waals surface area contributed by atoms with Gasteiger partial charge in [0.1, 0.15) is 18.1 Å². The highest BCUT2D eigenvalue weighted by atomic mass is 32.2. The molecule has 0 bridgehead atoms. The molecule has 2 aliphatic rings. The number of sulfonamides is 1. The number of halogens is 2. The van der Waals surface area contributed by atoms with Gasteiger partial charge in [-0.15, -0.1) is 0 Å². The molecular weight excluding hydrogens is 490 g/mol. The number of ether oxygens (including phenoxy) is 1. The number of nitrogens with zero attached hydrogens (tertiary/aromatic N) is 5. The van der Waals surface area contributed by atoms with Crippen molar-refractivity contribution in [1.82, 2.24) is 19.3 Å². The SMILES string of the molecule is CC(C)N1CCOc2c(F)cc(-c3nc(Nc4ccc5c(n4)CCN(S(C)(=O)=O)C5)ncc3F)cc21. The van der Waals surface area contributed by atoms with Gasteiger partial charge >= 0.3 is 0 Å². The second kappa shape index (κ2) is 9.25. The van der Waals surface area contributed by atoms with Crippen molar-refractivity contribution < 1.29 is 21.9 Å². The molecule has 36 heavy (non-hydrogen) atoms. The molecule has 1 aromatic carbocycles.